The van der Waals surface area contributed by atoms with Crippen LogP contribution in [0.15, 0.2) is 91.0 Å². The Bertz CT molecular complexity index is 914. The van der Waals surface area contributed by atoms with Crippen molar-refractivity contribution in [3.63, 3.8) is 0 Å². The van der Waals surface area contributed by atoms with Crippen molar-refractivity contribution >= 4 is 6.47 Å². The molecule has 0 aliphatic carbocycles. The third-order valence-electron chi connectivity index (χ3n) is 5.75. The summed E-state index contributed by atoms with van der Waals surface area (Å²) in [6.45, 7) is 13.9. The molecule has 4 rings (SSSR count). The molecule has 36 heavy (non-hydrogen) atoms. The maximum absolute atomic E-state index is 9.60. The largest absolute Gasteiger partial charge is 0.462 e. The maximum Gasteiger partial charge on any atom is 0.293 e. The zero-order valence-electron chi connectivity index (χ0n) is 22.8. The van der Waals surface area contributed by atoms with Gasteiger partial charge >= 0.3 is 0 Å². The van der Waals surface area contributed by atoms with Crippen LogP contribution in [0.5, 0.6) is 0 Å². The van der Waals surface area contributed by atoms with Gasteiger partial charge in [0.25, 0.3) is 6.47 Å². The normalized spacial score (nSPS) is 15.3. The zero-order valence-corrected chi connectivity index (χ0v) is 22.8. The van der Waals surface area contributed by atoms with Crippen LogP contribution in [-0.4, -0.2) is 42.0 Å². The Kier molecular flexibility index (Phi) is 13.0. The predicted octanol–water partition coefficient (Wildman–Crippen LogP) is 6.80. The summed E-state index contributed by atoms with van der Waals surface area (Å²) in [5.74, 6) is 0.892. The lowest BCUT2D eigenvalue weighted by Crippen LogP contribution is -2.19. The number of hydrogen-bond donors (Lipinski definition) is 0. The highest BCUT2D eigenvalue weighted by atomic mass is 16.5. The highest BCUT2D eigenvalue weighted by Crippen LogP contribution is 2.17. The van der Waals surface area contributed by atoms with E-state index in [0.717, 1.165) is 25.6 Å². The monoisotopic (exact) mass is 488 g/mol. The van der Waals surface area contributed by atoms with Crippen molar-refractivity contribution in [1.82, 2.24) is 9.80 Å². The van der Waals surface area contributed by atoms with Crippen molar-refractivity contribution in [2.45, 2.75) is 59.4 Å². The van der Waals surface area contributed by atoms with Crippen molar-refractivity contribution in [3.05, 3.63) is 108 Å². The molecule has 0 saturated carbocycles. The Labute approximate surface area is 218 Å². The molecule has 3 aromatic carbocycles. The summed E-state index contributed by atoms with van der Waals surface area (Å²) >= 11 is 0. The molecule has 1 aliphatic heterocycles. The maximum atomic E-state index is 9.60. The molecule has 3 aromatic rings. The minimum Gasteiger partial charge on any atom is -0.462 e. The average Bonchev–Trinajstić information content (AvgIpc) is 3.25. The SMILES string of the molecule is CC(C)(C)OC=O.CN(Cc1ccccc1)Cc1ccccc1.C[C@@H]1CCN(Cc2ccccc2)C1. The minimum absolute atomic E-state index is 0.318. The van der Waals surface area contributed by atoms with E-state index in [0.29, 0.717) is 6.47 Å². The van der Waals surface area contributed by atoms with Gasteiger partial charge in [-0.25, -0.2) is 0 Å². The molecule has 1 heterocycles. The Morgan fingerprint density at radius 1 is 0.833 bits per heavy atom. The lowest BCUT2D eigenvalue weighted by Gasteiger charge is -2.16. The van der Waals surface area contributed by atoms with Crippen molar-refractivity contribution in [1.29, 1.82) is 0 Å². The third-order valence-corrected chi connectivity index (χ3v) is 5.75. The smallest absolute Gasteiger partial charge is 0.293 e. The van der Waals surface area contributed by atoms with Crippen LogP contribution in [0.3, 0.4) is 0 Å². The Balaban J connectivity index is 0.000000205. The second kappa shape index (κ2) is 15.9. The molecule has 0 spiro atoms. The molecule has 0 N–H and O–H groups in total. The first-order valence-corrected chi connectivity index (χ1v) is 12.9. The van der Waals surface area contributed by atoms with Crippen molar-refractivity contribution < 1.29 is 9.53 Å². The van der Waals surface area contributed by atoms with E-state index >= 15 is 0 Å². The van der Waals surface area contributed by atoms with Crippen LogP contribution in [0.2, 0.25) is 0 Å². The van der Waals surface area contributed by atoms with Crippen LogP contribution in [0.1, 0.15) is 50.8 Å². The second-order valence-electron chi connectivity index (χ2n) is 10.6. The van der Waals surface area contributed by atoms with E-state index in [1.807, 2.05) is 20.8 Å². The topological polar surface area (TPSA) is 32.8 Å². The summed E-state index contributed by atoms with van der Waals surface area (Å²) in [5.41, 5.74) is 3.85. The van der Waals surface area contributed by atoms with Gasteiger partial charge < -0.3 is 4.74 Å². The van der Waals surface area contributed by atoms with E-state index in [1.54, 1.807) is 0 Å². The molecule has 194 valence electrons. The fraction of sp³-hybridized carbons (Fsp3) is 0.406. The Hall–Kier alpha value is -2.95. The van der Waals surface area contributed by atoms with Gasteiger partial charge in [-0.05, 0) is 63.4 Å². The standard InChI is InChI=1S/C15H17N.C12H17N.C5H10O2/c1-16(12-14-8-4-2-5-9-14)13-15-10-6-3-7-11-15;1-11-7-8-13(9-11)10-12-5-3-2-4-6-12;1-5(2,3)7-4-6/h2-11H,12-13H2,1H3;2-6,11H,7-10H2,1H3;4H,1-3H3/t;11-;/m.1./s1. The van der Waals surface area contributed by atoms with Crippen LogP contribution in [0, 0.1) is 5.92 Å². The van der Waals surface area contributed by atoms with Gasteiger partial charge in [0.05, 0.1) is 0 Å². The molecule has 1 atom stereocenters. The van der Waals surface area contributed by atoms with E-state index < -0.39 is 0 Å². The fourth-order valence-corrected chi connectivity index (χ4v) is 4.00. The quantitative estimate of drug-likeness (QED) is 0.342. The second-order valence-corrected chi connectivity index (χ2v) is 10.6. The van der Waals surface area contributed by atoms with E-state index in [9.17, 15) is 4.79 Å². The molecule has 4 nitrogen and oxygen atoms in total. The molecular formula is C32H44N2O2. The highest BCUT2D eigenvalue weighted by Gasteiger charge is 2.17. The first kappa shape index (κ1) is 29.3. The number of rotatable bonds is 7. The summed E-state index contributed by atoms with van der Waals surface area (Å²) in [6, 6.07) is 31.9. The van der Waals surface area contributed by atoms with Gasteiger partial charge in [0.2, 0.25) is 0 Å². The number of likely N-dealkylation sites (tertiary alicyclic amines) is 1. The van der Waals surface area contributed by atoms with E-state index in [1.165, 1.54) is 36.2 Å². The molecule has 1 saturated heterocycles. The van der Waals surface area contributed by atoms with E-state index in [2.05, 4.69) is 120 Å². The summed E-state index contributed by atoms with van der Waals surface area (Å²) in [6.07, 6.45) is 1.37. The van der Waals surface area contributed by atoms with Crippen LogP contribution >= 0.6 is 0 Å². The van der Waals surface area contributed by atoms with Crippen molar-refractivity contribution in [3.8, 4) is 0 Å². The molecule has 0 amide bonds. The van der Waals surface area contributed by atoms with E-state index in [-0.39, 0.29) is 5.60 Å². The van der Waals surface area contributed by atoms with Gasteiger partial charge in [0.1, 0.15) is 5.60 Å². The lowest BCUT2D eigenvalue weighted by atomic mass is 10.2. The van der Waals surface area contributed by atoms with Gasteiger partial charge in [-0.3, -0.25) is 14.6 Å². The number of carbonyl (C=O) groups is 1. The Morgan fingerprint density at radius 2 is 1.28 bits per heavy atom. The molecule has 1 fully saturated rings. The van der Waals surface area contributed by atoms with E-state index in [4.69, 9.17) is 0 Å². The number of ether oxygens (including phenoxy) is 1. The minimum atomic E-state index is -0.318. The van der Waals surface area contributed by atoms with Gasteiger partial charge in [0, 0.05) is 26.2 Å². The fourth-order valence-electron chi connectivity index (χ4n) is 4.00. The summed E-state index contributed by atoms with van der Waals surface area (Å²) in [5, 5.41) is 0. The van der Waals surface area contributed by atoms with Crippen molar-refractivity contribution in [2.24, 2.45) is 5.92 Å². The summed E-state index contributed by atoms with van der Waals surface area (Å²) in [4.78, 5) is 14.5. The van der Waals surface area contributed by atoms with Crippen LogP contribution in [0.4, 0.5) is 0 Å². The molecule has 0 aromatic heterocycles. The molecule has 1 aliphatic rings. The number of hydrogen-bond acceptors (Lipinski definition) is 4. The molecule has 0 unspecified atom stereocenters. The lowest BCUT2D eigenvalue weighted by molar-refractivity contribution is -0.138. The average molecular weight is 489 g/mol. The molecule has 0 radical (unpaired) electrons. The first-order valence-electron chi connectivity index (χ1n) is 12.9. The molecule has 4 heteroatoms. The highest BCUT2D eigenvalue weighted by molar-refractivity contribution is 5.37. The van der Waals surface area contributed by atoms with Crippen LogP contribution in [0.25, 0.3) is 0 Å². The number of carbonyl (C=O) groups excluding carboxylic acids is 1. The van der Waals surface area contributed by atoms with Crippen molar-refractivity contribution in [2.75, 3.05) is 20.1 Å². The summed E-state index contributed by atoms with van der Waals surface area (Å²) < 4.78 is 4.55. The van der Waals surface area contributed by atoms with Gasteiger partial charge in [-0.15, -0.1) is 0 Å². The van der Waals surface area contributed by atoms with Crippen LogP contribution in [-0.2, 0) is 29.2 Å². The van der Waals surface area contributed by atoms with Gasteiger partial charge in [-0.2, -0.15) is 0 Å². The predicted molar refractivity (Wildman–Crippen MR) is 150 cm³/mol. The number of benzene rings is 3. The van der Waals surface area contributed by atoms with Crippen LogP contribution < -0.4 is 0 Å². The van der Waals surface area contributed by atoms with Gasteiger partial charge in [0.15, 0.2) is 0 Å². The summed E-state index contributed by atoms with van der Waals surface area (Å²) in [7, 11) is 2.15. The zero-order chi connectivity index (χ0) is 26.2. The molecule has 0 bridgehead atoms. The van der Waals surface area contributed by atoms with Gasteiger partial charge in [-0.1, -0.05) is 97.9 Å². The molecular weight excluding hydrogens is 444 g/mol. The first-order chi connectivity index (χ1) is 17.2. The number of nitrogens with zero attached hydrogens (tertiary/aromatic N) is 2. The Morgan fingerprint density at radius 3 is 1.61 bits per heavy atom. The third kappa shape index (κ3) is 13.2.